The summed E-state index contributed by atoms with van der Waals surface area (Å²) in [6, 6.07) is 4.14. The number of hydrogen-bond acceptors (Lipinski definition) is 1. The Hall–Kier alpha value is -1.61. The molecule has 0 bridgehead atoms. The van der Waals surface area contributed by atoms with Gasteiger partial charge in [-0.05, 0) is 50.7 Å². The second kappa shape index (κ2) is 5.88. The van der Waals surface area contributed by atoms with Gasteiger partial charge in [0, 0.05) is 11.1 Å². The van der Waals surface area contributed by atoms with Crippen LogP contribution >= 0.6 is 0 Å². The van der Waals surface area contributed by atoms with Crippen LogP contribution in [0.3, 0.4) is 0 Å². The average molecular weight is 299 g/mol. The molecule has 0 radical (unpaired) electrons. The Morgan fingerprint density at radius 3 is 2.45 bits per heavy atom. The Balaban J connectivity index is 2.03. The second-order valence-electron chi connectivity index (χ2n) is 7.12. The average Bonchev–Trinajstić information content (AvgIpc) is 2.49. The van der Waals surface area contributed by atoms with Gasteiger partial charge in [-0.2, -0.15) is 0 Å². The van der Waals surface area contributed by atoms with E-state index in [1.807, 2.05) is 13.8 Å². The molecule has 0 atom stereocenters. The van der Waals surface area contributed by atoms with Gasteiger partial charge in [-0.3, -0.25) is 4.79 Å². The maximum atomic E-state index is 13.0. The third-order valence-electron chi connectivity index (χ3n) is 5.30. The Kier molecular flexibility index (Phi) is 4.09. The second-order valence-corrected chi connectivity index (χ2v) is 7.12. The number of aromatic amines is 1. The van der Waals surface area contributed by atoms with Gasteiger partial charge >= 0.3 is 0 Å². The summed E-state index contributed by atoms with van der Waals surface area (Å²) < 4.78 is 0. The number of aromatic nitrogens is 1. The van der Waals surface area contributed by atoms with Crippen LogP contribution in [0.1, 0.15) is 42.1 Å². The molecule has 2 aromatic rings. The molecule has 1 aliphatic heterocycles. The maximum Gasteiger partial charge on any atom is 0.198 e. The molecule has 2 heterocycles. The number of quaternary nitrogens is 1. The van der Waals surface area contributed by atoms with Crippen molar-refractivity contribution in [3.63, 3.8) is 0 Å². The lowest BCUT2D eigenvalue weighted by atomic mass is 9.97. The predicted octanol–water partition coefficient (Wildman–Crippen LogP) is 2.27. The first-order valence-corrected chi connectivity index (χ1v) is 8.42. The molecule has 2 N–H and O–H groups in total. The van der Waals surface area contributed by atoms with E-state index in [1.54, 1.807) is 4.90 Å². The lowest BCUT2D eigenvalue weighted by Crippen LogP contribution is -3.12. The number of likely N-dealkylation sites (tertiary alicyclic amines) is 1. The van der Waals surface area contributed by atoms with Crippen molar-refractivity contribution in [3.05, 3.63) is 44.7 Å². The summed E-state index contributed by atoms with van der Waals surface area (Å²) in [5.41, 5.74) is 5.48. The molecule has 118 valence electrons. The van der Waals surface area contributed by atoms with Crippen molar-refractivity contribution in [1.82, 2.24) is 4.98 Å². The lowest BCUT2D eigenvalue weighted by molar-refractivity contribution is -0.919. The van der Waals surface area contributed by atoms with Crippen molar-refractivity contribution in [1.29, 1.82) is 0 Å². The summed E-state index contributed by atoms with van der Waals surface area (Å²) in [5.74, 6) is 0.838. The molecule has 1 aliphatic rings. The van der Waals surface area contributed by atoms with E-state index >= 15 is 0 Å². The molecule has 3 heteroatoms. The molecule has 0 aliphatic carbocycles. The Morgan fingerprint density at radius 1 is 1.14 bits per heavy atom. The minimum Gasteiger partial charge on any atom is -0.358 e. The van der Waals surface area contributed by atoms with Crippen molar-refractivity contribution >= 4 is 10.9 Å². The Labute approximate surface area is 132 Å². The topological polar surface area (TPSA) is 37.3 Å². The van der Waals surface area contributed by atoms with Crippen molar-refractivity contribution in [3.8, 4) is 0 Å². The molecule has 22 heavy (non-hydrogen) atoms. The summed E-state index contributed by atoms with van der Waals surface area (Å²) in [5, 5.41) is 0.880. The minimum atomic E-state index is 0.235. The van der Waals surface area contributed by atoms with E-state index in [1.165, 1.54) is 25.9 Å². The van der Waals surface area contributed by atoms with E-state index in [2.05, 4.69) is 31.0 Å². The third kappa shape index (κ3) is 2.70. The van der Waals surface area contributed by atoms with Gasteiger partial charge in [0.2, 0.25) is 0 Å². The first kappa shape index (κ1) is 15.3. The standard InChI is InChI=1S/C19H26N2O/c1-12-7-9-21(10-8-12)11-16-15(4)20-18-14(3)6-5-13(2)17(18)19(16)22/h5-6,12H,7-11H2,1-4H3,(H,20,22)/p+1. The summed E-state index contributed by atoms with van der Waals surface area (Å²) in [7, 11) is 0. The van der Waals surface area contributed by atoms with Gasteiger partial charge < -0.3 is 9.88 Å². The van der Waals surface area contributed by atoms with Crippen LogP contribution in [0.25, 0.3) is 10.9 Å². The van der Waals surface area contributed by atoms with Crippen LogP contribution in [0, 0.1) is 26.7 Å². The highest BCUT2D eigenvalue weighted by molar-refractivity contribution is 5.85. The molecule has 1 fully saturated rings. The number of benzene rings is 1. The van der Waals surface area contributed by atoms with E-state index < -0.39 is 0 Å². The van der Waals surface area contributed by atoms with E-state index in [-0.39, 0.29) is 5.43 Å². The third-order valence-corrected chi connectivity index (χ3v) is 5.30. The molecule has 3 nitrogen and oxygen atoms in total. The number of nitrogens with one attached hydrogen (secondary N) is 2. The zero-order valence-corrected chi connectivity index (χ0v) is 14.2. The largest absolute Gasteiger partial charge is 0.358 e. The Morgan fingerprint density at radius 2 is 1.77 bits per heavy atom. The number of hydrogen-bond donors (Lipinski definition) is 2. The van der Waals surface area contributed by atoms with Crippen molar-refractivity contribution in [2.24, 2.45) is 5.92 Å². The number of aryl methyl sites for hydroxylation is 3. The highest BCUT2D eigenvalue weighted by Crippen LogP contribution is 2.19. The molecule has 1 aromatic heterocycles. The predicted molar refractivity (Wildman–Crippen MR) is 91.6 cm³/mol. The quantitative estimate of drug-likeness (QED) is 0.877. The van der Waals surface area contributed by atoms with Crippen LogP contribution in [0.5, 0.6) is 0 Å². The fraction of sp³-hybridized carbons (Fsp3) is 0.526. The molecular weight excluding hydrogens is 272 g/mol. The first-order chi connectivity index (χ1) is 10.5. The smallest absolute Gasteiger partial charge is 0.198 e. The van der Waals surface area contributed by atoms with E-state index in [4.69, 9.17) is 0 Å². The van der Waals surface area contributed by atoms with E-state index in [9.17, 15) is 4.79 Å². The maximum absolute atomic E-state index is 13.0. The first-order valence-electron chi connectivity index (χ1n) is 8.42. The van der Waals surface area contributed by atoms with Gasteiger partial charge in [0.05, 0.1) is 24.2 Å². The van der Waals surface area contributed by atoms with Crippen LogP contribution in [0.2, 0.25) is 0 Å². The summed E-state index contributed by atoms with van der Waals surface area (Å²) in [6.07, 6.45) is 2.55. The van der Waals surface area contributed by atoms with Crippen LogP contribution in [-0.4, -0.2) is 18.1 Å². The molecule has 0 unspecified atom stereocenters. The zero-order chi connectivity index (χ0) is 15.9. The van der Waals surface area contributed by atoms with Gasteiger partial charge in [0.15, 0.2) is 5.43 Å². The number of H-pyrrole nitrogens is 1. The van der Waals surface area contributed by atoms with Crippen LogP contribution in [0.15, 0.2) is 16.9 Å². The van der Waals surface area contributed by atoms with Gasteiger partial charge in [-0.1, -0.05) is 19.1 Å². The molecule has 0 saturated carbocycles. The van der Waals surface area contributed by atoms with Crippen LogP contribution in [-0.2, 0) is 6.54 Å². The van der Waals surface area contributed by atoms with Crippen molar-refractivity contribution in [2.75, 3.05) is 13.1 Å². The molecule has 0 amide bonds. The zero-order valence-electron chi connectivity index (χ0n) is 14.2. The number of pyridine rings is 1. The number of rotatable bonds is 2. The van der Waals surface area contributed by atoms with Gasteiger partial charge in [-0.25, -0.2) is 0 Å². The van der Waals surface area contributed by atoms with E-state index in [0.717, 1.165) is 45.7 Å². The summed E-state index contributed by atoms with van der Waals surface area (Å²) in [6.45, 7) is 11.7. The van der Waals surface area contributed by atoms with Crippen LogP contribution in [0.4, 0.5) is 0 Å². The highest BCUT2D eigenvalue weighted by atomic mass is 16.1. The fourth-order valence-electron chi connectivity index (χ4n) is 3.66. The number of piperidine rings is 1. The molecule has 3 rings (SSSR count). The molecular formula is C19H27N2O+. The van der Waals surface area contributed by atoms with Crippen molar-refractivity contribution in [2.45, 2.75) is 47.1 Å². The fourth-order valence-corrected chi connectivity index (χ4v) is 3.66. The molecule has 0 spiro atoms. The number of fused-ring (bicyclic) bond motifs is 1. The van der Waals surface area contributed by atoms with Gasteiger partial charge in [-0.15, -0.1) is 0 Å². The molecule has 1 aromatic carbocycles. The normalized spacial score (nSPS) is 22.2. The van der Waals surface area contributed by atoms with Gasteiger partial charge in [0.1, 0.15) is 6.54 Å². The summed E-state index contributed by atoms with van der Waals surface area (Å²) in [4.78, 5) is 18.1. The molecule has 1 saturated heterocycles. The Bertz CT molecular complexity index is 752. The highest BCUT2D eigenvalue weighted by Gasteiger charge is 2.22. The minimum absolute atomic E-state index is 0.235. The van der Waals surface area contributed by atoms with E-state index in [0.29, 0.717) is 0 Å². The lowest BCUT2D eigenvalue weighted by Gasteiger charge is -2.27. The SMILES string of the molecule is Cc1[nH]c2c(C)ccc(C)c2c(=O)c1C[NH+]1CCC(C)CC1. The van der Waals surface area contributed by atoms with Gasteiger partial charge in [0.25, 0.3) is 0 Å². The van der Waals surface area contributed by atoms with Crippen LogP contribution < -0.4 is 10.3 Å². The van der Waals surface area contributed by atoms with Crippen molar-refractivity contribution < 1.29 is 4.90 Å². The summed E-state index contributed by atoms with van der Waals surface area (Å²) >= 11 is 0. The monoisotopic (exact) mass is 299 g/mol.